The lowest BCUT2D eigenvalue weighted by atomic mass is 10.1. The summed E-state index contributed by atoms with van der Waals surface area (Å²) < 4.78 is 2.41. The Bertz CT molecular complexity index is 447. The number of fused-ring (bicyclic) bond motifs is 1. The van der Waals surface area contributed by atoms with Gasteiger partial charge in [-0.2, -0.15) is 0 Å². The van der Waals surface area contributed by atoms with Crippen LogP contribution in [-0.4, -0.2) is 5.11 Å². The van der Waals surface area contributed by atoms with Crippen molar-refractivity contribution in [2.75, 3.05) is 0 Å². The van der Waals surface area contributed by atoms with Gasteiger partial charge < -0.3 is 5.11 Å². The van der Waals surface area contributed by atoms with E-state index in [1.54, 1.807) is 11.3 Å². The first kappa shape index (κ1) is 9.19. The standard InChI is InChI=1S/C10H9BrOS/c1-6-8-3-2-7(5-12)4-9(8)13-10(6)11/h2-4,12H,5H2,1H3. The van der Waals surface area contributed by atoms with Crippen LogP contribution in [0.3, 0.4) is 0 Å². The summed E-state index contributed by atoms with van der Waals surface area (Å²) >= 11 is 5.22. The van der Waals surface area contributed by atoms with Gasteiger partial charge in [0, 0.05) is 4.70 Å². The molecule has 0 aliphatic rings. The number of rotatable bonds is 1. The largest absolute Gasteiger partial charge is 0.392 e. The summed E-state index contributed by atoms with van der Waals surface area (Å²) in [5, 5.41) is 10.2. The topological polar surface area (TPSA) is 20.2 Å². The molecule has 13 heavy (non-hydrogen) atoms. The number of hydrogen-bond donors (Lipinski definition) is 1. The van der Waals surface area contributed by atoms with Crippen LogP contribution in [0.2, 0.25) is 0 Å². The highest BCUT2D eigenvalue weighted by Gasteiger charge is 2.05. The maximum Gasteiger partial charge on any atom is 0.0740 e. The van der Waals surface area contributed by atoms with Crippen LogP contribution in [0.15, 0.2) is 22.0 Å². The number of benzene rings is 1. The van der Waals surface area contributed by atoms with E-state index >= 15 is 0 Å². The summed E-state index contributed by atoms with van der Waals surface area (Å²) in [6.45, 7) is 2.21. The van der Waals surface area contributed by atoms with E-state index in [2.05, 4.69) is 28.9 Å². The molecule has 0 saturated carbocycles. The Labute approximate surface area is 89.1 Å². The van der Waals surface area contributed by atoms with Crippen molar-refractivity contribution in [1.82, 2.24) is 0 Å². The third-order valence-electron chi connectivity index (χ3n) is 2.13. The number of hydrogen-bond acceptors (Lipinski definition) is 2. The Hall–Kier alpha value is -0.380. The van der Waals surface area contributed by atoms with Gasteiger partial charge >= 0.3 is 0 Å². The van der Waals surface area contributed by atoms with Gasteiger partial charge in [-0.3, -0.25) is 0 Å². The van der Waals surface area contributed by atoms with E-state index in [9.17, 15) is 0 Å². The van der Waals surface area contributed by atoms with Crippen LogP contribution in [0.1, 0.15) is 11.1 Å². The van der Waals surface area contributed by atoms with Crippen LogP contribution >= 0.6 is 27.3 Å². The molecule has 0 radical (unpaired) electrons. The fourth-order valence-electron chi connectivity index (χ4n) is 1.34. The number of aliphatic hydroxyl groups excluding tert-OH is 1. The maximum absolute atomic E-state index is 8.97. The maximum atomic E-state index is 8.97. The lowest BCUT2D eigenvalue weighted by molar-refractivity contribution is 0.282. The second kappa shape index (κ2) is 3.40. The zero-order chi connectivity index (χ0) is 9.42. The first-order valence-corrected chi connectivity index (χ1v) is 5.61. The van der Waals surface area contributed by atoms with Gasteiger partial charge in [0.05, 0.1) is 10.4 Å². The molecule has 0 unspecified atom stereocenters. The molecule has 1 aromatic carbocycles. The average Bonchev–Trinajstić information content (AvgIpc) is 2.42. The van der Waals surface area contributed by atoms with Crippen molar-refractivity contribution >= 4 is 37.4 Å². The molecule has 0 fully saturated rings. The van der Waals surface area contributed by atoms with Gasteiger partial charge in [0.25, 0.3) is 0 Å². The van der Waals surface area contributed by atoms with Crippen LogP contribution in [0, 0.1) is 6.92 Å². The summed E-state index contributed by atoms with van der Waals surface area (Å²) in [6, 6.07) is 6.07. The highest BCUT2D eigenvalue weighted by Crippen LogP contribution is 2.35. The highest BCUT2D eigenvalue weighted by molar-refractivity contribution is 9.11. The lowest BCUT2D eigenvalue weighted by Gasteiger charge is -1.95. The minimum atomic E-state index is 0.116. The van der Waals surface area contributed by atoms with Crippen LogP contribution in [0.5, 0.6) is 0 Å². The van der Waals surface area contributed by atoms with E-state index in [0.29, 0.717) is 0 Å². The highest BCUT2D eigenvalue weighted by atomic mass is 79.9. The molecule has 2 rings (SSSR count). The zero-order valence-corrected chi connectivity index (χ0v) is 9.58. The van der Waals surface area contributed by atoms with E-state index < -0.39 is 0 Å². The zero-order valence-electron chi connectivity index (χ0n) is 7.17. The van der Waals surface area contributed by atoms with E-state index in [1.165, 1.54) is 19.4 Å². The molecule has 3 heteroatoms. The molecule has 0 aliphatic carbocycles. The van der Waals surface area contributed by atoms with Crippen molar-refractivity contribution in [3.05, 3.63) is 33.1 Å². The predicted molar refractivity (Wildman–Crippen MR) is 60.2 cm³/mol. The molecule has 2 aromatic rings. The number of aliphatic hydroxyl groups is 1. The van der Waals surface area contributed by atoms with Crippen molar-refractivity contribution in [1.29, 1.82) is 0 Å². The Morgan fingerprint density at radius 1 is 1.46 bits per heavy atom. The second-order valence-corrected chi connectivity index (χ2v) is 5.36. The Balaban J connectivity index is 2.73. The monoisotopic (exact) mass is 256 g/mol. The van der Waals surface area contributed by atoms with E-state index in [1.807, 2.05) is 12.1 Å². The van der Waals surface area contributed by atoms with Crippen molar-refractivity contribution in [3.63, 3.8) is 0 Å². The van der Waals surface area contributed by atoms with Gasteiger partial charge in [0.15, 0.2) is 0 Å². The second-order valence-electron chi connectivity index (χ2n) is 2.99. The van der Waals surface area contributed by atoms with Crippen molar-refractivity contribution < 1.29 is 5.11 Å². The van der Waals surface area contributed by atoms with E-state index in [0.717, 1.165) is 5.56 Å². The van der Waals surface area contributed by atoms with Crippen LogP contribution in [0.4, 0.5) is 0 Å². The van der Waals surface area contributed by atoms with Crippen molar-refractivity contribution in [2.24, 2.45) is 0 Å². The minimum absolute atomic E-state index is 0.116. The van der Waals surface area contributed by atoms with Crippen molar-refractivity contribution in [2.45, 2.75) is 13.5 Å². The summed E-state index contributed by atoms with van der Waals surface area (Å²) in [4.78, 5) is 0. The Kier molecular flexibility index (Phi) is 2.41. The quantitative estimate of drug-likeness (QED) is 0.829. The molecule has 0 bridgehead atoms. The van der Waals surface area contributed by atoms with Gasteiger partial charge in [-0.15, -0.1) is 11.3 Å². The molecular weight excluding hydrogens is 248 g/mol. The van der Waals surface area contributed by atoms with Gasteiger partial charge in [-0.05, 0) is 45.4 Å². The molecule has 0 saturated heterocycles. The van der Waals surface area contributed by atoms with Crippen LogP contribution in [0.25, 0.3) is 10.1 Å². The van der Waals surface area contributed by atoms with E-state index in [-0.39, 0.29) is 6.61 Å². The SMILES string of the molecule is Cc1c(Br)sc2cc(CO)ccc12. The minimum Gasteiger partial charge on any atom is -0.392 e. The first-order valence-electron chi connectivity index (χ1n) is 4.01. The fourth-order valence-corrected chi connectivity index (χ4v) is 3.07. The molecule has 1 nitrogen and oxygen atoms in total. The van der Waals surface area contributed by atoms with Crippen molar-refractivity contribution in [3.8, 4) is 0 Å². The fraction of sp³-hybridized carbons (Fsp3) is 0.200. The molecule has 1 aromatic heterocycles. The number of halogens is 1. The van der Waals surface area contributed by atoms with Gasteiger partial charge in [0.1, 0.15) is 0 Å². The van der Waals surface area contributed by atoms with Gasteiger partial charge in [-0.1, -0.05) is 12.1 Å². The predicted octanol–water partition coefficient (Wildman–Crippen LogP) is 3.46. The van der Waals surface area contributed by atoms with Gasteiger partial charge in [-0.25, -0.2) is 0 Å². The molecular formula is C10H9BrOS. The summed E-state index contributed by atoms with van der Waals surface area (Å²) in [7, 11) is 0. The smallest absolute Gasteiger partial charge is 0.0740 e. The molecule has 0 spiro atoms. The van der Waals surface area contributed by atoms with Gasteiger partial charge in [0.2, 0.25) is 0 Å². The molecule has 68 valence electrons. The van der Waals surface area contributed by atoms with Crippen LogP contribution < -0.4 is 0 Å². The first-order chi connectivity index (χ1) is 6.22. The Morgan fingerprint density at radius 3 is 2.92 bits per heavy atom. The third kappa shape index (κ3) is 1.52. The lowest BCUT2D eigenvalue weighted by Crippen LogP contribution is -1.80. The van der Waals surface area contributed by atoms with E-state index in [4.69, 9.17) is 5.11 Å². The van der Waals surface area contributed by atoms with Crippen LogP contribution in [-0.2, 0) is 6.61 Å². The third-order valence-corrected chi connectivity index (χ3v) is 4.25. The molecule has 0 atom stereocenters. The Morgan fingerprint density at radius 2 is 2.23 bits per heavy atom. The molecule has 1 N–H and O–H groups in total. The molecule has 0 amide bonds. The molecule has 1 heterocycles. The summed E-state index contributed by atoms with van der Waals surface area (Å²) in [5.41, 5.74) is 2.26. The number of aryl methyl sites for hydroxylation is 1. The summed E-state index contributed by atoms with van der Waals surface area (Å²) in [6.07, 6.45) is 0. The average molecular weight is 257 g/mol. The normalized spacial score (nSPS) is 11.0. The molecule has 0 aliphatic heterocycles. The summed E-state index contributed by atoms with van der Waals surface area (Å²) in [5.74, 6) is 0. The number of thiophene rings is 1.